The molecule has 124 valence electrons. The Hall–Kier alpha value is -0.423. The molecule has 21 heavy (non-hydrogen) atoms. The summed E-state index contributed by atoms with van der Waals surface area (Å²) < 4.78 is 12.1. The second-order valence-corrected chi connectivity index (χ2v) is 12.1. The number of rotatable bonds is 8. The van der Waals surface area contributed by atoms with Gasteiger partial charge in [0.15, 0.2) is 8.32 Å². The topological polar surface area (TPSA) is 38.7 Å². The molecule has 0 aliphatic rings. The molecule has 4 heteroatoms. The summed E-state index contributed by atoms with van der Waals surface area (Å²) in [6.07, 6.45) is 3.62. The van der Waals surface area contributed by atoms with Crippen molar-refractivity contribution >= 4 is 8.32 Å². The van der Waals surface area contributed by atoms with Crippen LogP contribution in [-0.4, -0.2) is 39.3 Å². The second-order valence-electron chi connectivity index (χ2n) is 7.31. The first kappa shape index (κ1) is 20.6. The maximum absolute atomic E-state index is 9.23. The van der Waals surface area contributed by atoms with Gasteiger partial charge in [-0.05, 0) is 25.1 Å². The minimum absolute atomic E-state index is 0.0723. The molecule has 0 aromatic rings. The third-order valence-electron chi connectivity index (χ3n) is 4.38. The van der Waals surface area contributed by atoms with Crippen LogP contribution in [0.15, 0.2) is 24.3 Å². The van der Waals surface area contributed by atoms with Crippen molar-refractivity contribution < 1.29 is 14.3 Å². The number of methoxy groups -OCH3 is 1. The molecule has 3 nitrogen and oxygen atoms in total. The maximum Gasteiger partial charge on any atom is 0.192 e. The molecule has 0 aliphatic carbocycles. The van der Waals surface area contributed by atoms with Crippen molar-refractivity contribution in [2.75, 3.05) is 13.7 Å². The highest BCUT2D eigenvalue weighted by atomic mass is 28.4. The molecule has 0 saturated heterocycles. The van der Waals surface area contributed by atoms with E-state index in [2.05, 4.69) is 53.4 Å². The monoisotopic (exact) mass is 314 g/mol. The van der Waals surface area contributed by atoms with E-state index in [1.807, 2.05) is 6.92 Å². The summed E-state index contributed by atoms with van der Waals surface area (Å²) in [6, 6.07) is 0. The van der Waals surface area contributed by atoms with Gasteiger partial charge in [-0.1, -0.05) is 45.4 Å². The third-order valence-corrected chi connectivity index (χ3v) is 8.85. The van der Waals surface area contributed by atoms with Crippen LogP contribution in [0.5, 0.6) is 0 Å². The van der Waals surface area contributed by atoms with Crippen LogP contribution >= 0.6 is 0 Å². The predicted octanol–water partition coefficient (Wildman–Crippen LogP) is 4.15. The zero-order valence-electron chi connectivity index (χ0n) is 15.1. The molecule has 0 saturated carbocycles. The van der Waals surface area contributed by atoms with Crippen LogP contribution in [0, 0.1) is 5.92 Å². The summed E-state index contributed by atoms with van der Waals surface area (Å²) >= 11 is 0. The summed E-state index contributed by atoms with van der Waals surface area (Å²) in [4.78, 5) is 0. The van der Waals surface area contributed by atoms with Crippen LogP contribution in [-0.2, 0) is 9.16 Å². The quantitative estimate of drug-likeness (QED) is 0.540. The molecule has 0 aromatic heterocycles. The lowest BCUT2D eigenvalue weighted by Gasteiger charge is -2.42. The van der Waals surface area contributed by atoms with Crippen molar-refractivity contribution in [3.63, 3.8) is 0 Å². The average molecular weight is 315 g/mol. The molecule has 0 bridgehead atoms. The van der Waals surface area contributed by atoms with Gasteiger partial charge in [0.05, 0.1) is 12.7 Å². The molecule has 0 radical (unpaired) electrons. The second kappa shape index (κ2) is 8.27. The zero-order chi connectivity index (χ0) is 16.8. The molecule has 0 spiro atoms. The minimum Gasteiger partial charge on any atom is -0.410 e. The molecule has 1 N–H and O–H groups in total. The molecule has 0 unspecified atom stereocenters. The van der Waals surface area contributed by atoms with Gasteiger partial charge >= 0.3 is 0 Å². The zero-order valence-corrected chi connectivity index (χ0v) is 16.1. The van der Waals surface area contributed by atoms with Gasteiger partial charge in [0.25, 0.3) is 0 Å². The van der Waals surface area contributed by atoms with E-state index in [0.717, 1.165) is 5.57 Å². The maximum atomic E-state index is 9.23. The summed E-state index contributed by atoms with van der Waals surface area (Å²) in [7, 11) is -0.223. The van der Waals surface area contributed by atoms with Crippen molar-refractivity contribution in [1.29, 1.82) is 0 Å². The van der Waals surface area contributed by atoms with Crippen molar-refractivity contribution in [2.24, 2.45) is 5.92 Å². The van der Waals surface area contributed by atoms with Gasteiger partial charge in [0.2, 0.25) is 0 Å². The van der Waals surface area contributed by atoms with E-state index in [-0.39, 0.29) is 29.8 Å². The molecule has 0 fully saturated rings. The van der Waals surface area contributed by atoms with E-state index in [9.17, 15) is 5.11 Å². The van der Waals surface area contributed by atoms with Crippen LogP contribution in [0.2, 0.25) is 18.1 Å². The van der Waals surface area contributed by atoms with Gasteiger partial charge < -0.3 is 14.3 Å². The summed E-state index contributed by atoms with van der Waals surface area (Å²) in [5.41, 5.74) is 0.949. The lowest BCUT2D eigenvalue weighted by atomic mass is 9.97. The smallest absolute Gasteiger partial charge is 0.192 e. The van der Waals surface area contributed by atoms with Crippen LogP contribution < -0.4 is 0 Å². The van der Waals surface area contributed by atoms with Crippen molar-refractivity contribution in [2.45, 2.75) is 65.0 Å². The fourth-order valence-corrected chi connectivity index (χ4v) is 3.33. The lowest BCUT2D eigenvalue weighted by Crippen LogP contribution is -2.49. The van der Waals surface area contributed by atoms with E-state index in [1.165, 1.54) is 0 Å². The number of ether oxygens (including phenoxy) is 1. The first-order chi connectivity index (χ1) is 9.50. The van der Waals surface area contributed by atoms with Crippen LogP contribution in [0.4, 0.5) is 0 Å². The number of aliphatic hydroxyl groups excluding tert-OH is 1. The van der Waals surface area contributed by atoms with E-state index in [1.54, 1.807) is 13.2 Å². The van der Waals surface area contributed by atoms with Gasteiger partial charge in [0, 0.05) is 13.0 Å². The SMILES string of the molecule is C=C[C@H](OC)[C@@H](O[Si](C)(C)C(C)(C)C)[C@H](C)/C=C(/C)CO. The Balaban J connectivity index is 5.39. The van der Waals surface area contributed by atoms with Crippen LogP contribution in [0.1, 0.15) is 34.6 Å². The molecule has 0 heterocycles. The normalized spacial score (nSPS) is 18.2. The molecule has 0 rings (SSSR count). The molecule has 0 aliphatic heterocycles. The average Bonchev–Trinajstić information content (AvgIpc) is 2.37. The Morgan fingerprint density at radius 2 is 1.86 bits per heavy atom. The Labute approximate surface area is 132 Å². The van der Waals surface area contributed by atoms with Crippen molar-refractivity contribution in [1.82, 2.24) is 0 Å². The molecule has 0 amide bonds. The molecular formula is C17H34O3Si. The van der Waals surface area contributed by atoms with Crippen LogP contribution in [0.25, 0.3) is 0 Å². The first-order valence-electron chi connectivity index (χ1n) is 7.61. The van der Waals surface area contributed by atoms with E-state index < -0.39 is 8.32 Å². The Kier molecular flexibility index (Phi) is 8.11. The summed E-state index contributed by atoms with van der Waals surface area (Å²) in [6.45, 7) is 19.1. The molecule has 0 aromatic carbocycles. The van der Waals surface area contributed by atoms with Crippen LogP contribution in [0.3, 0.4) is 0 Å². The predicted molar refractivity (Wildman–Crippen MR) is 93.1 cm³/mol. The lowest BCUT2D eigenvalue weighted by molar-refractivity contribution is 0.00591. The Bertz CT molecular complexity index is 356. The third kappa shape index (κ3) is 6.07. The van der Waals surface area contributed by atoms with Gasteiger partial charge in [0.1, 0.15) is 6.10 Å². The fourth-order valence-electron chi connectivity index (χ4n) is 1.95. The first-order valence-corrected chi connectivity index (χ1v) is 10.5. The van der Waals surface area contributed by atoms with Gasteiger partial charge in [-0.25, -0.2) is 0 Å². The van der Waals surface area contributed by atoms with Crippen molar-refractivity contribution in [3.05, 3.63) is 24.3 Å². The summed E-state index contributed by atoms with van der Waals surface area (Å²) in [5.74, 6) is 0.147. The minimum atomic E-state index is -1.91. The van der Waals surface area contributed by atoms with E-state index in [4.69, 9.17) is 9.16 Å². The fraction of sp³-hybridized carbons (Fsp3) is 0.765. The highest BCUT2D eigenvalue weighted by Gasteiger charge is 2.41. The number of hydrogen-bond donors (Lipinski definition) is 1. The van der Waals surface area contributed by atoms with Gasteiger partial charge in [-0.2, -0.15) is 0 Å². The van der Waals surface area contributed by atoms with Gasteiger partial charge in [-0.3, -0.25) is 0 Å². The largest absolute Gasteiger partial charge is 0.410 e. The summed E-state index contributed by atoms with van der Waals surface area (Å²) in [5, 5.41) is 9.37. The van der Waals surface area contributed by atoms with Gasteiger partial charge in [-0.15, -0.1) is 6.58 Å². The number of hydrogen-bond acceptors (Lipinski definition) is 3. The standard InChI is InChI=1S/C17H34O3Si/c1-10-15(19-7)16(14(3)11-13(2)12-18)20-21(8,9)17(4,5)6/h10-11,14-16,18H,1,12H2,2-9H3/b13-11-/t14-,15+,16+/m1/s1. The molecular weight excluding hydrogens is 280 g/mol. The van der Waals surface area contributed by atoms with E-state index >= 15 is 0 Å². The highest BCUT2D eigenvalue weighted by molar-refractivity contribution is 6.74. The number of aliphatic hydroxyl groups is 1. The molecule has 3 atom stereocenters. The van der Waals surface area contributed by atoms with Crippen molar-refractivity contribution in [3.8, 4) is 0 Å². The Morgan fingerprint density at radius 3 is 2.19 bits per heavy atom. The highest BCUT2D eigenvalue weighted by Crippen LogP contribution is 2.39. The van der Waals surface area contributed by atoms with E-state index in [0.29, 0.717) is 0 Å². The Morgan fingerprint density at radius 1 is 1.33 bits per heavy atom.